The lowest BCUT2D eigenvalue weighted by Crippen LogP contribution is -2.47. The van der Waals surface area contributed by atoms with Gasteiger partial charge in [-0.1, -0.05) is 32.0 Å². The van der Waals surface area contributed by atoms with E-state index in [9.17, 15) is 9.59 Å². The van der Waals surface area contributed by atoms with Crippen LogP contribution in [0.4, 0.5) is 11.5 Å². The number of pyridine rings is 1. The number of anilines is 2. The summed E-state index contributed by atoms with van der Waals surface area (Å²) in [6.45, 7) is 5.62. The summed E-state index contributed by atoms with van der Waals surface area (Å²) >= 11 is 0. The summed E-state index contributed by atoms with van der Waals surface area (Å²) in [5, 5.41) is 5.56. The number of nitrogens with zero attached hydrogens (tertiary/aromatic N) is 1. The van der Waals surface area contributed by atoms with Gasteiger partial charge in [-0.2, -0.15) is 0 Å². The molecule has 0 radical (unpaired) electrons. The molecule has 126 valence electrons. The molecule has 1 heterocycles. The number of hydrogen-bond donors (Lipinski definition) is 3. The molecule has 0 aliphatic rings. The molecule has 1 aromatic carbocycles. The average Bonchev–Trinajstić information content (AvgIpc) is 2.54. The molecule has 6 heteroatoms. The van der Waals surface area contributed by atoms with Crippen LogP contribution in [0.1, 0.15) is 29.8 Å². The first kappa shape index (κ1) is 17.5. The third kappa shape index (κ3) is 4.32. The van der Waals surface area contributed by atoms with E-state index in [1.54, 1.807) is 24.3 Å². The standard InChI is InChI=1S/C18H22N4O2/c1-11(2)16(18(24)21-13-8-9-15(19)20-10-13)22-17(23)14-7-5-4-6-12(14)3/h4-11,16H,1-3H3,(H2,19,20)(H,21,24)(H,22,23). The van der Waals surface area contributed by atoms with Crippen molar-refractivity contribution in [1.82, 2.24) is 10.3 Å². The van der Waals surface area contributed by atoms with Crippen molar-refractivity contribution in [2.45, 2.75) is 26.8 Å². The number of carbonyl (C=O) groups is 2. The van der Waals surface area contributed by atoms with Gasteiger partial charge in [0.05, 0.1) is 11.9 Å². The third-order valence-electron chi connectivity index (χ3n) is 3.68. The van der Waals surface area contributed by atoms with Crippen molar-refractivity contribution in [2.75, 3.05) is 11.1 Å². The Morgan fingerprint density at radius 3 is 2.42 bits per heavy atom. The maximum absolute atomic E-state index is 12.5. The number of hydrogen-bond acceptors (Lipinski definition) is 4. The van der Waals surface area contributed by atoms with Gasteiger partial charge in [0.1, 0.15) is 11.9 Å². The van der Waals surface area contributed by atoms with Gasteiger partial charge < -0.3 is 16.4 Å². The first-order chi connectivity index (χ1) is 11.4. The molecule has 4 N–H and O–H groups in total. The van der Waals surface area contributed by atoms with Crippen LogP contribution in [0.3, 0.4) is 0 Å². The van der Waals surface area contributed by atoms with Crippen molar-refractivity contribution in [2.24, 2.45) is 5.92 Å². The Kier molecular flexibility index (Phi) is 5.52. The minimum atomic E-state index is -0.658. The third-order valence-corrected chi connectivity index (χ3v) is 3.68. The highest BCUT2D eigenvalue weighted by Crippen LogP contribution is 2.12. The number of rotatable bonds is 5. The number of nitrogens with two attached hydrogens (primary N) is 1. The highest BCUT2D eigenvalue weighted by atomic mass is 16.2. The number of nitrogen functional groups attached to an aromatic ring is 1. The molecule has 24 heavy (non-hydrogen) atoms. The van der Waals surface area contributed by atoms with Crippen LogP contribution in [-0.2, 0) is 4.79 Å². The number of nitrogens with one attached hydrogen (secondary N) is 2. The van der Waals surface area contributed by atoms with Crippen LogP contribution in [0.5, 0.6) is 0 Å². The van der Waals surface area contributed by atoms with Gasteiger partial charge in [0.15, 0.2) is 0 Å². The van der Waals surface area contributed by atoms with Gasteiger partial charge in [-0.3, -0.25) is 9.59 Å². The van der Waals surface area contributed by atoms with Crippen LogP contribution in [0.15, 0.2) is 42.6 Å². The normalized spacial score (nSPS) is 11.8. The van der Waals surface area contributed by atoms with Crippen molar-refractivity contribution < 1.29 is 9.59 Å². The highest BCUT2D eigenvalue weighted by Gasteiger charge is 2.25. The topological polar surface area (TPSA) is 97.1 Å². The van der Waals surface area contributed by atoms with Gasteiger partial charge >= 0.3 is 0 Å². The first-order valence-electron chi connectivity index (χ1n) is 7.77. The number of amides is 2. The molecule has 1 aromatic heterocycles. The Morgan fingerprint density at radius 1 is 1.12 bits per heavy atom. The SMILES string of the molecule is Cc1ccccc1C(=O)NC(C(=O)Nc1ccc(N)nc1)C(C)C. The quantitative estimate of drug-likeness (QED) is 0.786. The molecule has 1 unspecified atom stereocenters. The first-order valence-corrected chi connectivity index (χ1v) is 7.77. The Labute approximate surface area is 141 Å². The molecule has 0 fully saturated rings. The Hall–Kier alpha value is -2.89. The molecule has 0 saturated carbocycles. The second kappa shape index (κ2) is 7.59. The molecule has 2 rings (SSSR count). The lowest BCUT2D eigenvalue weighted by Gasteiger charge is -2.22. The Balaban J connectivity index is 2.11. The van der Waals surface area contributed by atoms with E-state index in [0.29, 0.717) is 17.1 Å². The summed E-state index contributed by atoms with van der Waals surface area (Å²) in [5.41, 5.74) is 7.48. The second-order valence-electron chi connectivity index (χ2n) is 5.97. The van der Waals surface area contributed by atoms with E-state index in [2.05, 4.69) is 15.6 Å². The van der Waals surface area contributed by atoms with E-state index >= 15 is 0 Å². The van der Waals surface area contributed by atoms with E-state index in [4.69, 9.17) is 5.73 Å². The molecule has 1 atom stereocenters. The van der Waals surface area contributed by atoms with Crippen LogP contribution < -0.4 is 16.4 Å². The molecule has 0 aliphatic heterocycles. The summed E-state index contributed by atoms with van der Waals surface area (Å²) in [6.07, 6.45) is 1.48. The number of aryl methyl sites for hydroxylation is 1. The van der Waals surface area contributed by atoms with E-state index in [1.165, 1.54) is 6.20 Å². The number of benzene rings is 1. The lowest BCUT2D eigenvalue weighted by molar-refractivity contribution is -0.118. The lowest BCUT2D eigenvalue weighted by atomic mass is 10.0. The maximum atomic E-state index is 12.5. The van der Waals surface area contributed by atoms with Crippen LogP contribution in [0.25, 0.3) is 0 Å². The van der Waals surface area contributed by atoms with Gasteiger partial charge in [0.2, 0.25) is 5.91 Å². The zero-order valence-electron chi connectivity index (χ0n) is 14.0. The van der Waals surface area contributed by atoms with Gasteiger partial charge in [0, 0.05) is 5.56 Å². The molecule has 2 amide bonds. The van der Waals surface area contributed by atoms with Gasteiger partial charge in [-0.05, 0) is 36.6 Å². The zero-order valence-corrected chi connectivity index (χ0v) is 14.0. The van der Waals surface area contributed by atoms with E-state index < -0.39 is 6.04 Å². The van der Waals surface area contributed by atoms with E-state index in [-0.39, 0.29) is 17.7 Å². The van der Waals surface area contributed by atoms with Gasteiger partial charge in [-0.15, -0.1) is 0 Å². The molecule has 0 saturated heterocycles. The number of aromatic nitrogens is 1. The fourth-order valence-electron chi connectivity index (χ4n) is 2.28. The fourth-order valence-corrected chi connectivity index (χ4v) is 2.28. The fraction of sp³-hybridized carbons (Fsp3) is 0.278. The molecule has 0 aliphatic carbocycles. The van der Waals surface area contributed by atoms with Crippen LogP contribution in [0, 0.1) is 12.8 Å². The Morgan fingerprint density at radius 2 is 1.83 bits per heavy atom. The monoisotopic (exact) mass is 326 g/mol. The summed E-state index contributed by atoms with van der Waals surface area (Å²) in [4.78, 5) is 28.9. The van der Waals surface area contributed by atoms with E-state index in [0.717, 1.165) is 5.56 Å². The van der Waals surface area contributed by atoms with Gasteiger partial charge in [0.25, 0.3) is 5.91 Å². The van der Waals surface area contributed by atoms with Crippen molar-refractivity contribution in [3.05, 3.63) is 53.7 Å². The van der Waals surface area contributed by atoms with E-state index in [1.807, 2.05) is 32.9 Å². The van der Waals surface area contributed by atoms with Crippen molar-refractivity contribution in [3.63, 3.8) is 0 Å². The summed E-state index contributed by atoms with van der Waals surface area (Å²) < 4.78 is 0. The largest absolute Gasteiger partial charge is 0.384 e. The predicted molar refractivity (Wildman–Crippen MR) is 94.6 cm³/mol. The summed E-state index contributed by atoms with van der Waals surface area (Å²) in [6, 6.07) is 9.88. The van der Waals surface area contributed by atoms with Crippen LogP contribution in [0.2, 0.25) is 0 Å². The maximum Gasteiger partial charge on any atom is 0.252 e. The molecule has 2 aromatic rings. The Bertz CT molecular complexity index is 726. The van der Waals surface area contributed by atoms with Crippen molar-refractivity contribution >= 4 is 23.3 Å². The highest BCUT2D eigenvalue weighted by molar-refractivity contribution is 6.01. The average molecular weight is 326 g/mol. The minimum Gasteiger partial charge on any atom is -0.384 e. The predicted octanol–water partition coefficient (Wildman–Crippen LogP) is 2.37. The van der Waals surface area contributed by atoms with Crippen molar-refractivity contribution in [3.8, 4) is 0 Å². The molecule has 6 nitrogen and oxygen atoms in total. The summed E-state index contributed by atoms with van der Waals surface area (Å²) in [5.74, 6) is -0.253. The molecular formula is C18H22N4O2. The van der Waals surface area contributed by atoms with Crippen LogP contribution in [-0.4, -0.2) is 22.8 Å². The number of carbonyl (C=O) groups excluding carboxylic acids is 2. The smallest absolute Gasteiger partial charge is 0.252 e. The second-order valence-corrected chi connectivity index (χ2v) is 5.97. The van der Waals surface area contributed by atoms with Crippen LogP contribution >= 0.6 is 0 Å². The molecule has 0 bridgehead atoms. The zero-order chi connectivity index (χ0) is 17.7. The summed E-state index contributed by atoms with van der Waals surface area (Å²) in [7, 11) is 0. The minimum absolute atomic E-state index is 0.0697. The molecule has 0 spiro atoms. The molecular weight excluding hydrogens is 304 g/mol. The van der Waals surface area contributed by atoms with Crippen molar-refractivity contribution in [1.29, 1.82) is 0 Å². The van der Waals surface area contributed by atoms with Gasteiger partial charge in [-0.25, -0.2) is 4.98 Å².